The van der Waals surface area contributed by atoms with E-state index in [4.69, 9.17) is 6.42 Å². The molecule has 0 atom stereocenters. The summed E-state index contributed by atoms with van der Waals surface area (Å²) < 4.78 is 0. The van der Waals surface area contributed by atoms with E-state index in [9.17, 15) is 0 Å². The van der Waals surface area contributed by atoms with E-state index in [0.717, 1.165) is 17.8 Å². The predicted octanol–water partition coefficient (Wildman–Crippen LogP) is -17.8. The molecule has 0 unspecified atom stereocenters. The van der Waals surface area contributed by atoms with Crippen LogP contribution < -0.4 is 75.9 Å². The minimum atomic E-state index is 0.824. The third-order valence-corrected chi connectivity index (χ3v) is 11.2. The van der Waals surface area contributed by atoms with Gasteiger partial charge in [-0.1, -0.05) is 66.0 Å². The second-order valence-electron chi connectivity index (χ2n) is 12.7. The van der Waals surface area contributed by atoms with Crippen molar-refractivity contribution < 1.29 is 0 Å². The number of rotatable bonds is 2. The van der Waals surface area contributed by atoms with Crippen molar-refractivity contribution in [2.45, 2.75) is 0 Å². The molecule has 0 spiro atoms. The Labute approximate surface area is 258 Å². The van der Waals surface area contributed by atoms with Gasteiger partial charge < -0.3 is 9.88 Å². The fourth-order valence-corrected chi connectivity index (χ4v) is 7.37. The summed E-state index contributed by atoms with van der Waals surface area (Å²) in [5, 5.41) is 1.20. The molecule has 184 valence electrons. The molecule has 2 nitrogen and oxygen atoms in total. The van der Waals surface area contributed by atoms with Crippen LogP contribution in [0.3, 0.4) is 0 Å². The van der Waals surface area contributed by atoms with Crippen molar-refractivity contribution >= 4 is 214 Å². The molecule has 1 aromatic heterocycles. The molecule has 0 aliphatic carbocycles. The predicted molar refractivity (Wildman–Crippen MR) is 228 cm³/mol. The largest absolute Gasteiger partial charge is 0.355 e. The molecule has 5 rings (SSSR count). The zero-order valence-corrected chi connectivity index (χ0v) is 27.7. The minimum absolute atomic E-state index is 0.824. The quantitative estimate of drug-likeness (QED) is 0.209. The maximum atomic E-state index is 6.30. The number of H-pyrrole nitrogens is 1. The smallest absolute Gasteiger partial charge is 0.142 e. The highest BCUT2D eigenvalue weighted by Crippen LogP contribution is 2.40. The molecule has 1 N–H and O–H groups in total. The molecule has 0 amide bonds. The molecule has 41 heavy (non-hydrogen) atoms. The number of terminal acetylenes is 1. The number of aromatic nitrogens is 1. The molecule has 0 radical (unpaired) electrons. The second-order valence-corrected chi connectivity index (χ2v) is 12.7. The summed E-state index contributed by atoms with van der Waals surface area (Å²) in [6.45, 7) is 0.824. The molecule has 16 heteroatoms. The molecule has 3 aromatic carbocycles. The number of nitrogens with zero attached hydrogens (tertiary/aromatic N) is 1. The van der Waals surface area contributed by atoms with Crippen LogP contribution in [-0.4, -0.2) is 121 Å². The number of nitrogens with one attached hydrogen (secondary N) is 1. The molecule has 0 saturated carbocycles. The SMILES string of the molecule is B/C(=C1/CN(c2c(B)c(B)c(B)c(B)c2B)c2c(B)c(B)c(B)c(B)c21)c1[nH]c2c(B)c(B)c(B)c(B)c2c1C#C. The van der Waals surface area contributed by atoms with E-state index in [1.807, 2.05) is 0 Å². The lowest BCUT2D eigenvalue weighted by atomic mass is 9.61. The summed E-state index contributed by atoms with van der Waals surface area (Å²) in [5.41, 5.74) is 27.6. The number of hydrogen-bond donors (Lipinski definition) is 1. The number of anilines is 2. The highest BCUT2D eigenvalue weighted by atomic mass is 15.2. The summed E-state index contributed by atoms with van der Waals surface area (Å²) in [4.78, 5) is 6.45. The van der Waals surface area contributed by atoms with Gasteiger partial charge in [0.1, 0.15) is 110 Å². The van der Waals surface area contributed by atoms with Crippen molar-refractivity contribution in [3.63, 3.8) is 0 Å². The van der Waals surface area contributed by atoms with Gasteiger partial charge in [-0.15, -0.1) is 22.8 Å². The van der Waals surface area contributed by atoms with Gasteiger partial charge in [-0.25, -0.2) is 0 Å². The highest BCUT2D eigenvalue weighted by molar-refractivity contribution is 6.70. The first-order valence-electron chi connectivity index (χ1n) is 14.9. The first kappa shape index (κ1) is 29.7. The zero-order valence-electron chi connectivity index (χ0n) is 27.7. The molecular weight excluding hydrogens is 480 g/mol. The van der Waals surface area contributed by atoms with Gasteiger partial charge in [-0.05, 0) is 11.1 Å². The third kappa shape index (κ3) is 4.01. The van der Waals surface area contributed by atoms with Gasteiger partial charge in [0.25, 0.3) is 0 Å². The Balaban J connectivity index is 1.90. The molecule has 2 heterocycles. The summed E-state index contributed by atoms with van der Waals surface area (Å²) in [5.74, 6) is 3.11. The molecular formula is C25H32B14N2. The lowest BCUT2D eigenvalue weighted by Crippen LogP contribution is -2.56. The Hall–Kier alpha value is -2.79. The van der Waals surface area contributed by atoms with Crippen LogP contribution >= 0.6 is 0 Å². The fraction of sp³-hybridized carbons (Fsp3) is 0.0400. The van der Waals surface area contributed by atoms with Gasteiger partial charge in [0.05, 0.1) is 5.56 Å². The normalized spacial score (nSPS) is 13.9. The van der Waals surface area contributed by atoms with Gasteiger partial charge in [0, 0.05) is 34.5 Å². The molecule has 0 bridgehead atoms. The van der Waals surface area contributed by atoms with Crippen LogP contribution in [-0.2, 0) is 0 Å². The second kappa shape index (κ2) is 10.2. The topological polar surface area (TPSA) is 19.0 Å². The van der Waals surface area contributed by atoms with E-state index in [2.05, 4.69) is 126 Å². The van der Waals surface area contributed by atoms with Gasteiger partial charge in [0.2, 0.25) is 0 Å². The van der Waals surface area contributed by atoms with Crippen LogP contribution in [0.1, 0.15) is 16.8 Å². The maximum absolute atomic E-state index is 6.30. The number of aromatic amines is 1. The molecule has 0 saturated heterocycles. The lowest BCUT2D eigenvalue weighted by molar-refractivity contribution is 1.18. The average Bonchev–Trinajstić information content (AvgIpc) is 3.54. The van der Waals surface area contributed by atoms with E-state index >= 15 is 0 Å². The van der Waals surface area contributed by atoms with Crippen LogP contribution in [0.25, 0.3) is 21.9 Å². The van der Waals surface area contributed by atoms with Gasteiger partial charge in [0.15, 0.2) is 0 Å². The van der Waals surface area contributed by atoms with Crippen molar-refractivity contribution in [1.29, 1.82) is 0 Å². The van der Waals surface area contributed by atoms with E-state index in [-0.39, 0.29) is 0 Å². The lowest BCUT2D eigenvalue weighted by Gasteiger charge is -2.31. The summed E-state index contributed by atoms with van der Waals surface area (Å²) >= 11 is 0. The van der Waals surface area contributed by atoms with Crippen molar-refractivity contribution in [3.05, 3.63) is 16.8 Å². The van der Waals surface area contributed by atoms with E-state index in [0.29, 0.717) is 0 Å². The summed E-state index contributed by atoms with van der Waals surface area (Å²) in [6, 6.07) is 0. The van der Waals surface area contributed by atoms with E-state index in [1.165, 1.54) is 110 Å². The van der Waals surface area contributed by atoms with Gasteiger partial charge in [-0.2, -0.15) is 0 Å². The highest BCUT2D eigenvalue weighted by Gasteiger charge is 2.33. The average molecular weight is 512 g/mol. The van der Waals surface area contributed by atoms with Crippen LogP contribution in [0.5, 0.6) is 0 Å². The van der Waals surface area contributed by atoms with Crippen molar-refractivity contribution in [1.82, 2.24) is 4.98 Å². The Morgan fingerprint density at radius 3 is 1.56 bits per heavy atom. The van der Waals surface area contributed by atoms with Crippen LogP contribution in [0, 0.1) is 12.3 Å². The van der Waals surface area contributed by atoms with E-state index < -0.39 is 0 Å². The molecule has 1 aliphatic rings. The molecule has 1 aliphatic heterocycles. The summed E-state index contributed by atoms with van der Waals surface area (Å²) in [7, 11) is 31.7. The van der Waals surface area contributed by atoms with Crippen LogP contribution in [0.15, 0.2) is 0 Å². The number of fused-ring (bicyclic) bond motifs is 2. The fourth-order valence-electron chi connectivity index (χ4n) is 7.37. The first-order valence-corrected chi connectivity index (χ1v) is 14.9. The summed E-state index contributed by atoms with van der Waals surface area (Å²) in [6.07, 6.45) is 6.30. The third-order valence-electron chi connectivity index (χ3n) is 11.2. The number of benzene rings is 3. The standard InChI is InChI=1S/C25H32B14N2/c1-2-4-6-9(27)11(29)14(32)18(36)23(6)40-22(4)8(26)5-3-41(24-7(5)10(28)12(30)15(33)19(24)37)25-20(38)16(34)13(31)17(35)21(25)39/h1,40H,3,26-39H2/b8-5-. The monoisotopic (exact) mass is 514 g/mol. The molecule has 0 fully saturated rings. The Morgan fingerprint density at radius 2 is 1.02 bits per heavy atom. The van der Waals surface area contributed by atoms with E-state index in [1.54, 1.807) is 0 Å². The maximum Gasteiger partial charge on any atom is 0.142 e. The number of hydrogen-bond acceptors (Lipinski definition) is 1. The minimum Gasteiger partial charge on any atom is -0.355 e. The Bertz CT molecular complexity index is 1900. The Morgan fingerprint density at radius 1 is 0.585 bits per heavy atom. The van der Waals surface area contributed by atoms with Crippen molar-refractivity contribution in [3.8, 4) is 12.3 Å². The Kier molecular flexibility index (Phi) is 7.38. The van der Waals surface area contributed by atoms with Crippen molar-refractivity contribution in [2.24, 2.45) is 0 Å². The van der Waals surface area contributed by atoms with Gasteiger partial charge in [-0.3, -0.25) is 0 Å². The first-order chi connectivity index (χ1) is 19.2. The van der Waals surface area contributed by atoms with Crippen LogP contribution in [0.2, 0.25) is 0 Å². The van der Waals surface area contributed by atoms with Crippen LogP contribution in [0.4, 0.5) is 11.4 Å². The van der Waals surface area contributed by atoms with Gasteiger partial charge >= 0.3 is 0 Å². The van der Waals surface area contributed by atoms with Crippen molar-refractivity contribution in [2.75, 3.05) is 11.4 Å². The molecule has 4 aromatic rings. The zero-order chi connectivity index (χ0) is 30.4.